The normalized spacial score (nSPS) is 21.8. The van der Waals surface area contributed by atoms with Crippen molar-refractivity contribution < 1.29 is 9.59 Å². The lowest BCUT2D eigenvalue weighted by Gasteiger charge is -2.36. The van der Waals surface area contributed by atoms with Gasteiger partial charge in [0.1, 0.15) is 0 Å². The van der Waals surface area contributed by atoms with Gasteiger partial charge in [0.05, 0.1) is 23.2 Å². The molecule has 0 aromatic carbocycles. The molecule has 1 aliphatic carbocycles. The Morgan fingerprint density at radius 2 is 2.08 bits per heavy atom. The van der Waals surface area contributed by atoms with Crippen molar-refractivity contribution in [3.8, 4) is 0 Å². The molecule has 1 aliphatic heterocycles. The van der Waals surface area contributed by atoms with Gasteiger partial charge in [0.2, 0.25) is 11.8 Å². The molecule has 5 nitrogen and oxygen atoms in total. The number of carbonyl (C=O) groups is 2. The number of aryl methyl sites for hydroxylation is 2. The van der Waals surface area contributed by atoms with Crippen LogP contribution in [0.3, 0.4) is 0 Å². The minimum absolute atomic E-state index is 0.0679. The zero-order chi connectivity index (χ0) is 17.8. The maximum absolute atomic E-state index is 12.6. The number of hydrogen-bond donors (Lipinski definition) is 1. The van der Waals surface area contributed by atoms with Crippen molar-refractivity contribution in [3.05, 3.63) is 15.6 Å². The van der Waals surface area contributed by atoms with E-state index in [2.05, 4.69) is 17.2 Å². The average molecular weight is 364 g/mol. The Balaban J connectivity index is 1.55. The Hall–Kier alpha value is -1.43. The van der Waals surface area contributed by atoms with Gasteiger partial charge in [-0.1, -0.05) is 19.8 Å². The molecule has 2 heterocycles. The van der Waals surface area contributed by atoms with Crippen molar-refractivity contribution in [2.24, 2.45) is 5.92 Å². The smallest absolute Gasteiger partial charge is 0.225 e. The van der Waals surface area contributed by atoms with Gasteiger partial charge in [-0.2, -0.15) is 0 Å². The number of nitrogens with one attached hydrogen (secondary N) is 1. The van der Waals surface area contributed by atoms with Crippen molar-refractivity contribution >= 4 is 23.2 Å². The molecule has 2 aliphatic rings. The molecule has 0 radical (unpaired) electrons. The third-order valence-electron chi connectivity index (χ3n) is 5.40. The number of aromatic nitrogens is 1. The van der Waals surface area contributed by atoms with Gasteiger partial charge in [0.25, 0.3) is 0 Å². The van der Waals surface area contributed by atoms with E-state index in [0.29, 0.717) is 32.0 Å². The van der Waals surface area contributed by atoms with Crippen LogP contribution in [0.2, 0.25) is 0 Å². The highest BCUT2D eigenvalue weighted by Gasteiger charge is 2.35. The molecule has 1 aromatic rings. The van der Waals surface area contributed by atoms with Crippen molar-refractivity contribution in [3.63, 3.8) is 0 Å². The summed E-state index contributed by atoms with van der Waals surface area (Å²) in [7, 11) is 0. The summed E-state index contributed by atoms with van der Waals surface area (Å²) in [5.41, 5.74) is 1.03. The summed E-state index contributed by atoms with van der Waals surface area (Å²) in [6.45, 7) is 5.31. The highest BCUT2D eigenvalue weighted by molar-refractivity contribution is 7.11. The lowest BCUT2D eigenvalue weighted by atomic mass is 9.95. The predicted octanol–water partition coefficient (Wildman–Crippen LogP) is 3.20. The second kappa shape index (κ2) is 8.30. The molecule has 1 unspecified atom stereocenters. The second-order valence-corrected chi connectivity index (χ2v) is 8.47. The van der Waals surface area contributed by atoms with Gasteiger partial charge in [-0.15, -0.1) is 11.3 Å². The quantitative estimate of drug-likeness (QED) is 0.844. The SMILES string of the molecule is CCCc1nc(C)c(CNC(=O)C2CCC(=O)N(C3CCCC3)C2)s1. The van der Waals surface area contributed by atoms with Gasteiger partial charge in [0, 0.05) is 23.9 Å². The van der Waals surface area contributed by atoms with E-state index in [9.17, 15) is 9.59 Å². The van der Waals surface area contributed by atoms with E-state index >= 15 is 0 Å². The maximum atomic E-state index is 12.6. The van der Waals surface area contributed by atoms with Gasteiger partial charge in [-0.25, -0.2) is 4.98 Å². The molecule has 1 atom stereocenters. The van der Waals surface area contributed by atoms with Crippen LogP contribution < -0.4 is 5.32 Å². The first-order valence-electron chi connectivity index (χ1n) is 9.60. The Kier molecular flexibility index (Phi) is 6.10. The molecule has 0 bridgehead atoms. The molecule has 6 heteroatoms. The predicted molar refractivity (Wildman–Crippen MR) is 99.4 cm³/mol. The summed E-state index contributed by atoms with van der Waals surface area (Å²) < 4.78 is 0. The zero-order valence-corrected chi connectivity index (χ0v) is 16.2. The fourth-order valence-corrected chi connectivity index (χ4v) is 5.05. The van der Waals surface area contributed by atoms with Crippen LogP contribution in [0.4, 0.5) is 0 Å². The molecule has 1 saturated heterocycles. The summed E-state index contributed by atoms with van der Waals surface area (Å²) in [4.78, 5) is 32.6. The molecule has 25 heavy (non-hydrogen) atoms. The minimum atomic E-state index is -0.0679. The van der Waals surface area contributed by atoms with Crippen LogP contribution >= 0.6 is 11.3 Å². The number of thiazole rings is 1. The van der Waals surface area contributed by atoms with Crippen LogP contribution in [-0.2, 0) is 22.6 Å². The van der Waals surface area contributed by atoms with Crippen molar-refractivity contribution in [2.45, 2.75) is 77.8 Å². The largest absolute Gasteiger partial charge is 0.351 e. The van der Waals surface area contributed by atoms with Crippen LogP contribution in [0, 0.1) is 12.8 Å². The molecular formula is C19H29N3O2S. The number of nitrogens with zero attached hydrogens (tertiary/aromatic N) is 2. The van der Waals surface area contributed by atoms with E-state index in [1.54, 1.807) is 11.3 Å². The Morgan fingerprint density at radius 3 is 2.80 bits per heavy atom. The molecule has 1 N–H and O–H groups in total. The summed E-state index contributed by atoms with van der Waals surface area (Å²) in [5.74, 6) is 0.250. The highest BCUT2D eigenvalue weighted by atomic mass is 32.1. The number of rotatable bonds is 6. The van der Waals surface area contributed by atoms with E-state index in [1.807, 2.05) is 11.8 Å². The molecular weight excluding hydrogens is 334 g/mol. The summed E-state index contributed by atoms with van der Waals surface area (Å²) >= 11 is 1.70. The van der Waals surface area contributed by atoms with Crippen molar-refractivity contribution in [1.82, 2.24) is 15.2 Å². The van der Waals surface area contributed by atoms with Crippen LogP contribution in [-0.4, -0.2) is 34.3 Å². The van der Waals surface area contributed by atoms with Crippen LogP contribution in [0.1, 0.15) is 67.4 Å². The lowest BCUT2D eigenvalue weighted by molar-refractivity contribution is -0.140. The average Bonchev–Trinajstić information content (AvgIpc) is 3.23. The Labute approximate surface area is 154 Å². The van der Waals surface area contributed by atoms with Crippen molar-refractivity contribution in [1.29, 1.82) is 0 Å². The summed E-state index contributed by atoms with van der Waals surface area (Å²) in [5, 5.41) is 4.24. The molecule has 2 amide bonds. The standard InChI is InChI=1S/C19H29N3O2S/c1-3-6-17-21-13(2)16(25-17)11-20-19(24)14-9-10-18(23)22(12-14)15-7-4-5-8-15/h14-15H,3-12H2,1-2H3,(H,20,24). The molecule has 1 saturated carbocycles. The van der Waals surface area contributed by atoms with Crippen LogP contribution in [0.5, 0.6) is 0 Å². The first-order chi connectivity index (χ1) is 12.1. The maximum Gasteiger partial charge on any atom is 0.225 e. The molecule has 3 rings (SSSR count). The second-order valence-electron chi connectivity index (χ2n) is 7.30. The van der Waals surface area contributed by atoms with E-state index in [-0.39, 0.29) is 17.7 Å². The third-order valence-corrected chi connectivity index (χ3v) is 6.62. The van der Waals surface area contributed by atoms with Crippen molar-refractivity contribution in [2.75, 3.05) is 6.54 Å². The third kappa shape index (κ3) is 4.40. The first kappa shape index (κ1) is 18.4. The first-order valence-corrected chi connectivity index (χ1v) is 10.4. The number of piperidine rings is 1. The van der Waals surface area contributed by atoms with Crippen LogP contribution in [0.25, 0.3) is 0 Å². The Morgan fingerprint density at radius 1 is 1.32 bits per heavy atom. The fraction of sp³-hybridized carbons (Fsp3) is 0.737. The highest BCUT2D eigenvalue weighted by Crippen LogP contribution is 2.29. The summed E-state index contributed by atoms with van der Waals surface area (Å²) in [6.07, 6.45) is 7.88. The van der Waals surface area contributed by atoms with E-state index in [1.165, 1.54) is 12.8 Å². The lowest BCUT2D eigenvalue weighted by Crippen LogP contribution is -2.49. The molecule has 138 valence electrons. The van der Waals surface area contributed by atoms with Gasteiger partial charge in [-0.3, -0.25) is 9.59 Å². The molecule has 0 spiro atoms. The topological polar surface area (TPSA) is 62.3 Å². The minimum Gasteiger partial charge on any atom is -0.351 e. The number of likely N-dealkylation sites (tertiary alicyclic amines) is 1. The van der Waals surface area contributed by atoms with E-state index in [4.69, 9.17) is 0 Å². The zero-order valence-electron chi connectivity index (χ0n) is 15.3. The number of amides is 2. The fourth-order valence-electron chi connectivity index (χ4n) is 3.94. The van der Waals surface area contributed by atoms with E-state index in [0.717, 1.165) is 41.3 Å². The Bertz CT molecular complexity index is 622. The van der Waals surface area contributed by atoms with Gasteiger partial charge in [-0.05, 0) is 39.0 Å². The van der Waals surface area contributed by atoms with Gasteiger partial charge < -0.3 is 10.2 Å². The monoisotopic (exact) mass is 363 g/mol. The number of hydrogen-bond acceptors (Lipinski definition) is 4. The van der Waals surface area contributed by atoms with Gasteiger partial charge in [0.15, 0.2) is 0 Å². The molecule has 1 aromatic heterocycles. The summed E-state index contributed by atoms with van der Waals surface area (Å²) in [6, 6.07) is 0.364. The van der Waals surface area contributed by atoms with Crippen LogP contribution in [0.15, 0.2) is 0 Å². The van der Waals surface area contributed by atoms with E-state index < -0.39 is 0 Å². The van der Waals surface area contributed by atoms with Gasteiger partial charge >= 0.3 is 0 Å². The number of carbonyl (C=O) groups excluding carboxylic acids is 2. The molecule has 2 fully saturated rings.